The number of aromatic nitrogens is 5. The van der Waals surface area contributed by atoms with E-state index in [0.29, 0.717) is 24.0 Å². The summed E-state index contributed by atoms with van der Waals surface area (Å²) in [5, 5.41) is 1.05. The maximum absolute atomic E-state index is 14.1. The van der Waals surface area contributed by atoms with Crippen LogP contribution in [0, 0.1) is 12.7 Å². The van der Waals surface area contributed by atoms with Gasteiger partial charge in [-0.3, -0.25) is 9.55 Å². The van der Waals surface area contributed by atoms with Gasteiger partial charge in [-0.15, -0.1) is 0 Å². The van der Waals surface area contributed by atoms with E-state index in [4.69, 9.17) is 32.9 Å². The van der Waals surface area contributed by atoms with Crippen molar-refractivity contribution in [3.63, 3.8) is 0 Å². The molecule has 0 bridgehead atoms. The number of nitrogens with one attached hydrogen (secondary N) is 1. The standard InChI is InChI=1S/C24H19Cl2FN6O/c1-13-30-22-16(18-12-29-24(26)31-18)10-14(32-6-8-34-9-7-32)11-20(22)33(13)19-4-5-28-23-15(19)2-3-17(27)21(23)25/h2-5,10-12H,6-9H2,1H3,(H,29,31). The lowest BCUT2D eigenvalue weighted by Gasteiger charge is -2.29. The van der Waals surface area contributed by atoms with Crippen molar-refractivity contribution >= 4 is 50.8 Å². The zero-order valence-electron chi connectivity index (χ0n) is 18.1. The van der Waals surface area contributed by atoms with Crippen LogP contribution in [-0.2, 0) is 4.74 Å². The number of fused-ring (bicyclic) bond motifs is 2. The van der Waals surface area contributed by atoms with Crippen molar-refractivity contribution in [2.75, 3.05) is 31.2 Å². The number of ether oxygens (including phenoxy) is 1. The SMILES string of the molecule is Cc1nc2c(-c3cnc(Cl)[nH]3)cc(N3CCOCC3)cc2n1-c1ccnc2c(Cl)c(F)ccc12. The molecule has 172 valence electrons. The summed E-state index contributed by atoms with van der Waals surface area (Å²) < 4.78 is 21.7. The molecule has 0 spiro atoms. The van der Waals surface area contributed by atoms with Gasteiger partial charge in [-0.05, 0) is 48.9 Å². The Morgan fingerprint density at radius 1 is 1.06 bits per heavy atom. The van der Waals surface area contributed by atoms with E-state index in [1.54, 1.807) is 18.5 Å². The van der Waals surface area contributed by atoms with E-state index >= 15 is 0 Å². The van der Waals surface area contributed by atoms with E-state index in [0.717, 1.165) is 58.0 Å². The number of rotatable bonds is 3. The monoisotopic (exact) mass is 496 g/mol. The lowest BCUT2D eigenvalue weighted by Crippen LogP contribution is -2.36. The van der Waals surface area contributed by atoms with E-state index in [-0.39, 0.29) is 5.02 Å². The number of halogens is 3. The Balaban J connectivity index is 1.66. The number of pyridine rings is 1. The fourth-order valence-corrected chi connectivity index (χ4v) is 4.93. The van der Waals surface area contributed by atoms with Crippen LogP contribution >= 0.6 is 23.2 Å². The third-order valence-electron chi connectivity index (χ3n) is 6.15. The molecule has 0 aliphatic carbocycles. The summed E-state index contributed by atoms with van der Waals surface area (Å²) in [4.78, 5) is 18.8. The van der Waals surface area contributed by atoms with E-state index in [1.165, 1.54) is 6.07 Å². The molecule has 5 aromatic rings. The summed E-state index contributed by atoms with van der Waals surface area (Å²) >= 11 is 12.4. The van der Waals surface area contributed by atoms with Gasteiger partial charge in [0.25, 0.3) is 0 Å². The van der Waals surface area contributed by atoms with Crippen LogP contribution in [0.1, 0.15) is 5.82 Å². The Morgan fingerprint density at radius 2 is 1.88 bits per heavy atom. The number of anilines is 1. The van der Waals surface area contributed by atoms with E-state index in [1.807, 2.05) is 13.0 Å². The lowest BCUT2D eigenvalue weighted by molar-refractivity contribution is 0.122. The second-order valence-corrected chi connectivity index (χ2v) is 8.87. The molecule has 1 aliphatic rings. The van der Waals surface area contributed by atoms with Crippen LogP contribution < -0.4 is 4.90 Å². The number of aromatic amines is 1. The van der Waals surface area contributed by atoms with Crippen LogP contribution in [0.25, 0.3) is 38.9 Å². The molecule has 0 amide bonds. The number of morpholine rings is 1. The van der Waals surface area contributed by atoms with E-state index in [9.17, 15) is 4.39 Å². The highest BCUT2D eigenvalue weighted by atomic mass is 35.5. The first kappa shape index (κ1) is 21.3. The molecule has 6 rings (SSSR count). The minimum Gasteiger partial charge on any atom is -0.378 e. The molecule has 1 saturated heterocycles. The molecule has 3 aromatic heterocycles. The molecule has 1 aliphatic heterocycles. The van der Waals surface area contributed by atoms with Crippen LogP contribution in [0.4, 0.5) is 10.1 Å². The maximum atomic E-state index is 14.1. The van der Waals surface area contributed by atoms with Crippen molar-refractivity contribution in [2.45, 2.75) is 6.92 Å². The van der Waals surface area contributed by atoms with E-state index < -0.39 is 5.82 Å². The van der Waals surface area contributed by atoms with Crippen LogP contribution in [-0.4, -0.2) is 50.8 Å². The molecule has 1 N–H and O–H groups in total. The summed E-state index contributed by atoms with van der Waals surface area (Å²) in [5.74, 6) is 0.271. The summed E-state index contributed by atoms with van der Waals surface area (Å²) in [5.41, 5.74) is 5.63. The molecule has 10 heteroatoms. The summed E-state index contributed by atoms with van der Waals surface area (Å²) in [6.45, 7) is 4.85. The molecule has 0 unspecified atom stereocenters. The highest BCUT2D eigenvalue weighted by Crippen LogP contribution is 2.37. The molecule has 0 radical (unpaired) electrons. The van der Waals surface area contributed by atoms with Crippen molar-refractivity contribution in [1.29, 1.82) is 0 Å². The second kappa shape index (κ2) is 8.23. The summed E-state index contributed by atoms with van der Waals surface area (Å²) in [6, 6.07) is 9.18. The Kier molecular flexibility index (Phi) is 5.17. The number of H-pyrrole nitrogens is 1. The maximum Gasteiger partial charge on any atom is 0.200 e. The van der Waals surface area contributed by atoms with Crippen LogP contribution in [0.15, 0.2) is 42.7 Å². The number of hydrogen-bond acceptors (Lipinski definition) is 5. The Labute approximate surface area is 204 Å². The predicted molar refractivity (Wildman–Crippen MR) is 132 cm³/mol. The van der Waals surface area contributed by atoms with Crippen molar-refractivity contribution in [3.05, 3.63) is 64.7 Å². The molecule has 7 nitrogen and oxygen atoms in total. The smallest absolute Gasteiger partial charge is 0.200 e. The first-order valence-corrected chi connectivity index (χ1v) is 11.6. The van der Waals surface area contributed by atoms with Crippen molar-refractivity contribution in [3.8, 4) is 16.9 Å². The first-order valence-electron chi connectivity index (χ1n) is 10.8. The first-order chi connectivity index (χ1) is 16.5. The van der Waals surface area contributed by atoms with Crippen molar-refractivity contribution in [1.82, 2.24) is 24.5 Å². The molecule has 1 fully saturated rings. The van der Waals surface area contributed by atoms with Crippen molar-refractivity contribution < 1.29 is 9.13 Å². The number of benzene rings is 2. The topological polar surface area (TPSA) is 71.9 Å². The highest BCUT2D eigenvalue weighted by molar-refractivity contribution is 6.35. The zero-order chi connectivity index (χ0) is 23.4. The van der Waals surface area contributed by atoms with Crippen LogP contribution in [0.2, 0.25) is 10.3 Å². The summed E-state index contributed by atoms with van der Waals surface area (Å²) in [6.07, 6.45) is 3.34. The van der Waals surface area contributed by atoms with Gasteiger partial charge in [-0.25, -0.2) is 14.4 Å². The predicted octanol–water partition coefficient (Wildman–Crippen LogP) is 5.55. The number of aryl methyl sites for hydroxylation is 1. The Morgan fingerprint density at radius 3 is 2.65 bits per heavy atom. The van der Waals surface area contributed by atoms with Crippen molar-refractivity contribution in [2.24, 2.45) is 0 Å². The highest BCUT2D eigenvalue weighted by Gasteiger charge is 2.21. The van der Waals surface area contributed by atoms with Gasteiger partial charge < -0.3 is 14.6 Å². The normalized spacial score (nSPS) is 14.4. The number of hydrogen-bond donors (Lipinski definition) is 1. The molecule has 4 heterocycles. The lowest BCUT2D eigenvalue weighted by atomic mass is 10.1. The van der Waals surface area contributed by atoms with E-state index in [2.05, 4.69) is 36.6 Å². The fraction of sp³-hybridized carbons (Fsp3) is 0.208. The minimum atomic E-state index is -0.501. The van der Waals surface area contributed by atoms with Gasteiger partial charge in [0.05, 0.1) is 47.3 Å². The molecule has 0 atom stereocenters. The fourth-order valence-electron chi connectivity index (χ4n) is 4.57. The number of imidazole rings is 2. The van der Waals surface area contributed by atoms with Gasteiger partial charge in [0.15, 0.2) is 5.28 Å². The molecule has 2 aromatic carbocycles. The van der Waals surface area contributed by atoms with Gasteiger partial charge in [0.2, 0.25) is 0 Å². The second-order valence-electron chi connectivity index (χ2n) is 8.13. The minimum absolute atomic E-state index is 0.00298. The van der Waals surface area contributed by atoms with Crippen LogP contribution in [0.5, 0.6) is 0 Å². The molecular formula is C24H19Cl2FN6O. The van der Waals surface area contributed by atoms with Gasteiger partial charge in [-0.2, -0.15) is 0 Å². The Hall–Kier alpha value is -3.20. The zero-order valence-corrected chi connectivity index (χ0v) is 19.7. The average molecular weight is 497 g/mol. The number of nitrogens with zero attached hydrogens (tertiary/aromatic N) is 5. The average Bonchev–Trinajstić information content (AvgIpc) is 3.43. The molecule has 34 heavy (non-hydrogen) atoms. The third-order valence-corrected chi connectivity index (χ3v) is 6.70. The van der Waals surface area contributed by atoms with Gasteiger partial charge in [0.1, 0.15) is 16.7 Å². The van der Waals surface area contributed by atoms with Gasteiger partial charge in [0, 0.05) is 35.9 Å². The Bertz CT molecular complexity index is 1560. The molecular weight excluding hydrogens is 478 g/mol. The molecule has 0 saturated carbocycles. The van der Waals surface area contributed by atoms with Gasteiger partial charge in [-0.1, -0.05) is 11.6 Å². The summed E-state index contributed by atoms with van der Waals surface area (Å²) in [7, 11) is 0. The largest absolute Gasteiger partial charge is 0.378 e. The van der Waals surface area contributed by atoms with Gasteiger partial charge >= 0.3 is 0 Å². The third kappa shape index (κ3) is 3.41. The van der Waals surface area contributed by atoms with Crippen LogP contribution in [0.3, 0.4) is 0 Å². The quantitative estimate of drug-likeness (QED) is 0.354.